The van der Waals surface area contributed by atoms with Crippen LogP contribution in [0, 0.1) is 0 Å². The van der Waals surface area contributed by atoms with Gasteiger partial charge in [-0.2, -0.15) is 0 Å². The normalized spacial score (nSPS) is 14.6. The first kappa shape index (κ1) is 19.7. The van der Waals surface area contributed by atoms with Gasteiger partial charge in [0.1, 0.15) is 5.82 Å². The number of hydrogen-bond donors (Lipinski definition) is 0. The molecule has 1 heterocycles. The number of hydrogen-bond acceptors (Lipinski definition) is 4. The van der Waals surface area contributed by atoms with Gasteiger partial charge < -0.3 is 9.47 Å². The first-order valence-electron chi connectivity index (χ1n) is 10.0. The molecule has 3 aromatic rings. The molecular weight excluding hydrogens is 380 g/mol. The molecule has 0 aliphatic heterocycles. The first-order valence-corrected chi connectivity index (χ1v) is 11.0. The largest absolute Gasteiger partial charge is 0.338 e. The van der Waals surface area contributed by atoms with E-state index in [1.807, 2.05) is 48.3 Å². The lowest BCUT2D eigenvalue weighted by molar-refractivity contribution is -0.128. The van der Waals surface area contributed by atoms with Gasteiger partial charge in [-0.15, -0.1) is 10.2 Å². The second-order valence-electron chi connectivity index (χ2n) is 7.57. The van der Waals surface area contributed by atoms with Crippen LogP contribution in [0.4, 0.5) is 0 Å². The molecule has 1 aliphatic rings. The van der Waals surface area contributed by atoms with E-state index in [-0.39, 0.29) is 11.9 Å². The third-order valence-corrected chi connectivity index (χ3v) is 6.40. The average Bonchev–Trinajstić information content (AvgIpc) is 3.54. The van der Waals surface area contributed by atoms with Crippen LogP contribution in [0.25, 0.3) is 0 Å². The van der Waals surface area contributed by atoms with Crippen molar-refractivity contribution in [3.05, 3.63) is 77.6 Å². The van der Waals surface area contributed by atoms with Gasteiger partial charge in [-0.3, -0.25) is 4.79 Å². The minimum Gasteiger partial charge on any atom is -0.338 e. The molecule has 0 unspecified atom stereocenters. The Kier molecular flexibility index (Phi) is 6.00. The van der Waals surface area contributed by atoms with E-state index in [2.05, 4.69) is 46.0 Å². The Morgan fingerprint density at radius 3 is 2.41 bits per heavy atom. The maximum atomic E-state index is 12.8. The van der Waals surface area contributed by atoms with E-state index >= 15 is 0 Å². The summed E-state index contributed by atoms with van der Waals surface area (Å²) in [5, 5.41) is 9.68. The lowest BCUT2D eigenvalue weighted by Crippen LogP contribution is -2.31. The minimum atomic E-state index is 0.0357. The summed E-state index contributed by atoms with van der Waals surface area (Å²) in [7, 11) is 1.87. The highest BCUT2D eigenvalue weighted by Gasteiger charge is 2.30. The van der Waals surface area contributed by atoms with Crippen LogP contribution in [-0.4, -0.2) is 38.4 Å². The van der Waals surface area contributed by atoms with Crippen molar-refractivity contribution in [3.8, 4) is 0 Å². The highest BCUT2D eigenvalue weighted by molar-refractivity contribution is 7.99. The lowest BCUT2D eigenvalue weighted by atomic mass is 10.1. The molecule has 0 radical (unpaired) electrons. The van der Waals surface area contributed by atoms with Gasteiger partial charge in [-0.05, 0) is 30.9 Å². The number of nitrogens with zero attached hydrogens (tertiary/aromatic N) is 4. The summed E-state index contributed by atoms with van der Waals surface area (Å²) in [5.74, 6) is 2.01. The monoisotopic (exact) mass is 406 g/mol. The number of aromatic nitrogens is 3. The number of carbonyl (C=O) groups is 1. The van der Waals surface area contributed by atoms with Crippen molar-refractivity contribution >= 4 is 17.7 Å². The van der Waals surface area contributed by atoms with Crippen molar-refractivity contribution in [2.24, 2.45) is 0 Å². The van der Waals surface area contributed by atoms with Crippen LogP contribution in [0.15, 0.2) is 65.8 Å². The van der Waals surface area contributed by atoms with Gasteiger partial charge in [0.05, 0.1) is 18.3 Å². The van der Waals surface area contributed by atoms with Crippen molar-refractivity contribution < 1.29 is 4.79 Å². The molecule has 2 aromatic carbocycles. The molecule has 1 saturated carbocycles. The molecule has 6 heteroatoms. The first-order chi connectivity index (χ1) is 14.1. The molecule has 150 valence electrons. The summed E-state index contributed by atoms with van der Waals surface area (Å²) < 4.78 is 2.19. The average molecular weight is 407 g/mol. The third-order valence-electron chi connectivity index (χ3n) is 5.45. The predicted molar refractivity (Wildman–Crippen MR) is 116 cm³/mol. The van der Waals surface area contributed by atoms with E-state index in [9.17, 15) is 4.79 Å². The summed E-state index contributed by atoms with van der Waals surface area (Å²) in [6.07, 6.45) is 2.35. The standard InChI is InChI=1S/C23H26N4OS/c1-17(19-11-7-4-8-12-19)26(2)21(28)16-29-23-25-24-22(20-13-14-20)27(23)15-18-9-5-3-6-10-18/h3-12,17,20H,13-16H2,1-2H3/t17-/m0/s1. The Morgan fingerprint density at radius 2 is 1.76 bits per heavy atom. The van der Waals surface area contributed by atoms with Crippen LogP contribution < -0.4 is 0 Å². The Morgan fingerprint density at radius 1 is 1.10 bits per heavy atom. The fourth-order valence-electron chi connectivity index (χ4n) is 3.36. The van der Waals surface area contributed by atoms with Gasteiger partial charge in [0.2, 0.25) is 5.91 Å². The lowest BCUT2D eigenvalue weighted by Gasteiger charge is -2.25. The van der Waals surface area contributed by atoms with Gasteiger partial charge in [0.25, 0.3) is 0 Å². The quantitative estimate of drug-likeness (QED) is 0.516. The van der Waals surface area contributed by atoms with E-state index in [4.69, 9.17) is 0 Å². The molecule has 1 aliphatic carbocycles. The van der Waals surface area contributed by atoms with Crippen LogP contribution in [0.1, 0.15) is 48.7 Å². The van der Waals surface area contributed by atoms with E-state index in [1.165, 1.54) is 30.2 Å². The summed E-state index contributed by atoms with van der Waals surface area (Å²) in [6.45, 7) is 2.80. The molecule has 29 heavy (non-hydrogen) atoms. The maximum Gasteiger partial charge on any atom is 0.233 e. The number of rotatable bonds is 8. The third kappa shape index (κ3) is 4.70. The SMILES string of the molecule is C[C@@H](c1ccccc1)N(C)C(=O)CSc1nnc(C2CC2)n1Cc1ccccc1. The summed E-state index contributed by atoms with van der Waals surface area (Å²) >= 11 is 1.48. The molecule has 1 fully saturated rings. The van der Waals surface area contributed by atoms with E-state index in [1.54, 1.807) is 0 Å². The van der Waals surface area contributed by atoms with Gasteiger partial charge in [-0.1, -0.05) is 72.4 Å². The second kappa shape index (κ2) is 8.82. The van der Waals surface area contributed by atoms with Crippen molar-refractivity contribution in [2.45, 2.75) is 43.4 Å². The number of benzene rings is 2. The van der Waals surface area contributed by atoms with Crippen molar-refractivity contribution in [1.82, 2.24) is 19.7 Å². The number of amides is 1. The van der Waals surface area contributed by atoms with Crippen LogP contribution in [0.5, 0.6) is 0 Å². The van der Waals surface area contributed by atoms with Crippen molar-refractivity contribution in [1.29, 1.82) is 0 Å². The molecule has 1 atom stereocenters. The number of carbonyl (C=O) groups excluding carboxylic acids is 1. The number of thioether (sulfide) groups is 1. The fraction of sp³-hybridized carbons (Fsp3) is 0.348. The highest BCUT2D eigenvalue weighted by atomic mass is 32.2. The van der Waals surface area contributed by atoms with Crippen molar-refractivity contribution in [2.75, 3.05) is 12.8 Å². The van der Waals surface area contributed by atoms with Crippen molar-refractivity contribution in [3.63, 3.8) is 0 Å². The zero-order valence-electron chi connectivity index (χ0n) is 16.9. The van der Waals surface area contributed by atoms with E-state index in [0.717, 1.165) is 23.1 Å². The molecule has 0 saturated heterocycles. The molecule has 1 aromatic heterocycles. The van der Waals surface area contributed by atoms with Crippen LogP contribution in [0.2, 0.25) is 0 Å². The summed E-state index contributed by atoms with van der Waals surface area (Å²) in [6, 6.07) is 20.5. The zero-order valence-corrected chi connectivity index (χ0v) is 17.7. The molecular formula is C23H26N4OS. The molecule has 0 spiro atoms. The van der Waals surface area contributed by atoms with Crippen LogP contribution in [0.3, 0.4) is 0 Å². The second-order valence-corrected chi connectivity index (χ2v) is 8.51. The van der Waals surface area contributed by atoms with Gasteiger partial charge in [0, 0.05) is 13.0 Å². The molecule has 0 N–H and O–H groups in total. The predicted octanol–water partition coefficient (Wildman–Crippen LogP) is 4.52. The van der Waals surface area contributed by atoms with Crippen LogP contribution >= 0.6 is 11.8 Å². The van der Waals surface area contributed by atoms with E-state index in [0.29, 0.717) is 11.7 Å². The zero-order chi connectivity index (χ0) is 20.2. The topological polar surface area (TPSA) is 51.0 Å². The van der Waals surface area contributed by atoms with E-state index < -0.39 is 0 Å². The maximum absolute atomic E-state index is 12.8. The van der Waals surface area contributed by atoms with Gasteiger partial charge in [-0.25, -0.2) is 0 Å². The Bertz CT molecular complexity index is 954. The molecule has 4 rings (SSSR count). The molecule has 1 amide bonds. The Hall–Kier alpha value is -2.60. The van der Waals surface area contributed by atoms with Gasteiger partial charge in [0.15, 0.2) is 5.16 Å². The fourth-order valence-corrected chi connectivity index (χ4v) is 4.23. The summed E-state index contributed by atoms with van der Waals surface area (Å²) in [4.78, 5) is 14.6. The Balaban J connectivity index is 1.44. The smallest absolute Gasteiger partial charge is 0.233 e. The van der Waals surface area contributed by atoms with Gasteiger partial charge >= 0.3 is 0 Å². The Labute approximate surface area is 176 Å². The molecule has 0 bridgehead atoms. The summed E-state index contributed by atoms with van der Waals surface area (Å²) in [5.41, 5.74) is 2.36. The minimum absolute atomic E-state index is 0.0357. The highest BCUT2D eigenvalue weighted by Crippen LogP contribution is 2.40. The van der Waals surface area contributed by atoms with Crippen LogP contribution in [-0.2, 0) is 11.3 Å². The molecule has 5 nitrogen and oxygen atoms in total.